The van der Waals surface area contributed by atoms with Crippen LogP contribution in [0.2, 0.25) is 0 Å². The summed E-state index contributed by atoms with van der Waals surface area (Å²) in [4.78, 5) is 69.1. The average molecular weight is 476 g/mol. The van der Waals surface area contributed by atoms with Crippen LogP contribution in [-0.2, 0) is 11.3 Å². The van der Waals surface area contributed by atoms with Crippen molar-refractivity contribution in [3.8, 4) is 0 Å². The first-order valence-electron chi connectivity index (χ1n) is 11.2. The minimum Gasteiger partial charge on any atom is -0.383 e. The van der Waals surface area contributed by atoms with E-state index in [1.807, 2.05) is 6.07 Å². The molecular weight excluding hydrogens is 450 g/mol. The number of carbonyl (C=O) groups excluding carboxylic acids is 3. The maximum absolute atomic E-state index is 13.6. The third-order valence-corrected chi connectivity index (χ3v) is 5.95. The molecule has 0 radical (unpaired) electrons. The molecule has 10 heteroatoms. The number of hydrogen-bond donors (Lipinski definition) is 2. The molecule has 2 heterocycles. The van der Waals surface area contributed by atoms with Crippen molar-refractivity contribution >= 4 is 29.2 Å². The summed E-state index contributed by atoms with van der Waals surface area (Å²) in [5.74, 6) is -2.01. The molecular formula is C25H25N5O5. The van der Waals surface area contributed by atoms with Gasteiger partial charge in [-0.25, -0.2) is 4.79 Å². The third-order valence-electron chi connectivity index (χ3n) is 5.95. The highest BCUT2D eigenvalue weighted by atomic mass is 16.2. The van der Waals surface area contributed by atoms with Crippen LogP contribution >= 0.6 is 0 Å². The number of rotatable bonds is 7. The number of aromatic nitrogens is 2. The Morgan fingerprint density at radius 1 is 0.971 bits per heavy atom. The second-order valence-electron chi connectivity index (χ2n) is 8.26. The van der Waals surface area contributed by atoms with Gasteiger partial charge in [0.15, 0.2) is 5.69 Å². The van der Waals surface area contributed by atoms with E-state index in [4.69, 9.17) is 5.73 Å². The quantitative estimate of drug-likeness (QED) is 0.498. The zero-order valence-electron chi connectivity index (χ0n) is 19.4. The Morgan fingerprint density at radius 2 is 1.54 bits per heavy atom. The summed E-state index contributed by atoms with van der Waals surface area (Å²) in [6, 6.07) is 14.2. The first-order chi connectivity index (χ1) is 16.8. The number of nitrogens with zero attached hydrogens (tertiary/aromatic N) is 3. The van der Waals surface area contributed by atoms with Gasteiger partial charge in [0.2, 0.25) is 5.91 Å². The summed E-state index contributed by atoms with van der Waals surface area (Å²) in [6.45, 7) is 3.40. The monoisotopic (exact) mass is 475 g/mol. The highest BCUT2D eigenvalue weighted by Crippen LogP contribution is 2.27. The second-order valence-corrected chi connectivity index (χ2v) is 8.26. The van der Waals surface area contributed by atoms with Gasteiger partial charge in [0.1, 0.15) is 11.9 Å². The van der Waals surface area contributed by atoms with Gasteiger partial charge in [-0.15, -0.1) is 0 Å². The van der Waals surface area contributed by atoms with E-state index in [9.17, 15) is 24.0 Å². The fourth-order valence-electron chi connectivity index (χ4n) is 4.21. The lowest BCUT2D eigenvalue weighted by Crippen LogP contribution is -2.51. The first kappa shape index (κ1) is 23.7. The topological polar surface area (TPSA) is 139 Å². The predicted molar refractivity (Wildman–Crippen MR) is 130 cm³/mol. The lowest BCUT2D eigenvalue weighted by Gasteiger charge is -2.30. The van der Waals surface area contributed by atoms with E-state index in [1.54, 1.807) is 43.3 Å². The Kier molecular flexibility index (Phi) is 6.37. The van der Waals surface area contributed by atoms with E-state index in [1.165, 1.54) is 23.6 Å². The molecule has 0 unspecified atom stereocenters. The molecule has 0 aliphatic carbocycles. The fraction of sp³-hybridized carbons (Fsp3) is 0.240. The van der Waals surface area contributed by atoms with Crippen LogP contribution in [0.3, 0.4) is 0 Å². The minimum absolute atomic E-state index is 0.0808. The number of nitrogens with two attached hydrogens (primary N) is 1. The van der Waals surface area contributed by atoms with E-state index < -0.39 is 35.0 Å². The van der Waals surface area contributed by atoms with E-state index in [-0.39, 0.29) is 35.7 Å². The molecule has 180 valence electrons. The Balaban J connectivity index is 1.73. The van der Waals surface area contributed by atoms with Crippen LogP contribution in [0.5, 0.6) is 0 Å². The van der Waals surface area contributed by atoms with Crippen LogP contribution < -0.4 is 21.9 Å². The van der Waals surface area contributed by atoms with Gasteiger partial charge in [0.25, 0.3) is 17.4 Å². The minimum atomic E-state index is -1.21. The predicted octanol–water partition coefficient (Wildman–Crippen LogP) is 1.59. The van der Waals surface area contributed by atoms with Gasteiger partial charge in [-0.1, -0.05) is 49.4 Å². The molecule has 0 fully saturated rings. The third kappa shape index (κ3) is 4.14. The number of benzene rings is 2. The number of nitrogens with one attached hydrogen (secondary N) is 1. The number of carbonyl (C=O) groups is 3. The van der Waals surface area contributed by atoms with Gasteiger partial charge in [-0.05, 0) is 31.0 Å². The SMILES string of the molecule is CCCN(C(=O)[C@@H](C)N1C(=O)c2ccccc2C1=O)c1c(N)n(Cc2ccccc2)c(=O)[nH]c1=O. The number of hydrogen-bond acceptors (Lipinski definition) is 6. The standard InChI is InChI=1S/C25H25N5O5/c1-3-13-28(22(32)15(2)30-23(33)17-11-7-8-12-18(17)24(30)34)19-20(26)29(25(35)27-21(19)31)14-16-9-5-4-6-10-16/h4-12,15H,3,13-14,26H2,1-2H3,(H,27,31,35)/t15-/m1/s1. The molecule has 35 heavy (non-hydrogen) atoms. The van der Waals surface area contributed by atoms with Crippen LogP contribution in [-0.4, -0.2) is 44.8 Å². The molecule has 3 aromatic rings. The van der Waals surface area contributed by atoms with Crippen molar-refractivity contribution in [3.63, 3.8) is 0 Å². The van der Waals surface area contributed by atoms with Crippen molar-refractivity contribution in [1.29, 1.82) is 0 Å². The smallest absolute Gasteiger partial charge is 0.330 e. The summed E-state index contributed by atoms with van der Waals surface area (Å²) >= 11 is 0. The number of fused-ring (bicyclic) bond motifs is 1. The maximum Gasteiger partial charge on any atom is 0.330 e. The van der Waals surface area contributed by atoms with Crippen molar-refractivity contribution in [2.75, 3.05) is 17.2 Å². The average Bonchev–Trinajstić information content (AvgIpc) is 3.11. The molecule has 1 aliphatic rings. The largest absolute Gasteiger partial charge is 0.383 e. The van der Waals surface area contributed by atoms with Crippen LogP contribution in [0, 0.1) is 0 Å². The molecule has 0 bridgehead atoms. The zero-order chi connectivity index (χ0) is 25.3. The van der Waals surface area contributed by atoms with Crippen LogP contribution in [0.1, 0.15) is 46.5 Å². The van der Waals surface area contributed by atoms with Gasteiger partial charge in [0.05, 0.1) is 17.7 Å². The normalized spacial score (nSPS) is 13.6. The lowest BCUT2D eigenvalue weighted by atomic mass is 10.1. The number of amides is 3. The van der Waals surface area contributed by atoms with E-state index >= 15 is 0 Å². The fourth-order valence-corrected chi connectivity index (χ4v) is 4.21. The molecule has 1 aromatic heterocycles. The van der Waals surface area contributed by atoms with E-state index in [0.29, 0.717) is 6.42 Å². The van der Waals surface area contributed by atoms with Gasteiger partial charge in [-0.3, -0.25) is 33.6 Å². The summed E-state index contributed by atoms with van der Waals surface area (Å²) in [5.41, 5.74) is 5.75. The molecule has 2 aromatic carbocycles. The number of aromatic amines is 1. The zero-order valence-corrected chi connectivity index (χ0v) is 19.4. The van der Waals surface area contributed by atoms with E-state index in [0.717, 1.165) is 15.4 Å². The highest BCUT2D eigenvalue weighted by molar-refractivity contribution is 6.23. The Hall–Kier alpha value is -4.47. The van der Waals surface area contributed by atoms with Gasteiger partial charge in [-0.2, -0.15) is 0 Å². The summed E-state index contributed by atoms with van der Waals surface area (Å²) in [6.07, 6.45) is 0.456. The van der Waals surface area contributed by atoms with E-state index in [2.05, 4.69) is 4.98 Å². The Bertz CT molecular complexity index is 1390. The van der Waals surface area contributed by atoms with Crippen molar-refractivity contribution in [2.45, 2.75) is 32.9 Å². The summed E-state index contributed by atoms with van der Waals surface area (Å²) in [7, 11) is 0. The summed E-state index contributed by atoms with van der Waals surface area (Å²) in [5, 5.41) is 0. The highest BCUT2D eigenvalue weighted by Gasteiger charge is 2.42. The number of imide groups is 1. The second kappa shape index (κ2) is 9.41. The molecule has 1 aliphatic heterocycles. The molecule has 4 rings (SSSR count). The molecule has 3 amide bonds. The van der Waals surface area contributed by atoms with Crippen LogP contribution in [0.15, 0.2) is 64.2 Å². The van der Waals surface area contributed by atoms with Crippen LogP contribution in [0.4, 0.5) is 11.5 Å². The van der Waals surface area contributed by atoms with Crippen molar-refractivity contribution in [2.24, 2.45) is 0 Å². The molecule has 0 spiro atoms. The lowest BCUT2D eigenvalue weighted by molar-refractivity contribution is -0.122. The Labute approximate surface area is 200 Å². The van der Waals surface area contributed by atoms with Crippen molar-refractivity contribution < 1.29 is 14.4 Å². The number of nitrogen functional groups attached to an aromatic ring is 1. The molecule has 10 nitrogen and oxygen atoms in total. The Morgan fingerprint density at radius 3 is 2.11 bits per heavy atom. The van der Waals surface area contributed by atoms with Gasteiger partial charge in [0, 0.05) is 6.54 Å². The molecule has 0 saturated heterocycles. The van der Waals surface area contributed by atoms with Crippen molar-refractivity contribution in [1.82, 2.24) is 14.5 Å². The van der Waals surface area contributed by atoms with Gasteiger partial charge < -0.3 is 10.6 Å². The maximum atomic E-state index is 13.6. The molecule has 1 atom stereocenters. The first-order valence-corrected chi connectivity index (χ1v) is 11.2. The van der Waals surface area contributed by atoms with Crippen molar-refractivity contribution in [3.05, 3.63) is 92.1 Å². The summed E-state index contributed by atoms with van der Waals surface area (Å²) < 4.78 is 1.18. The number of anilines is 2. The van der Waals surface area contributed by atoms with Gasteiger partial charge >= 0.3 is 5.69 Å². The molecule has 0 saturated carbocycles. The van der Waals surface area contributed by atoms with Crippen LogP contribution in [0.25, 0.3) is 0 Å². The molecule has 3 N–H and O–H groups in total. The number of H-pyrrole nitrogens is 1.